The molecule has 7 nitrogen and oxygen atoms in total. The summed E-state index contributed by atoms with van der Waals surface area (Å²) >= 11 is 3.29. The number of hydrogen-bond acceptors (Lipinski definition) is 5. The Morgan fingerprint density at radius 2 is 2.05 bits per heavy atom. The van der Waals surface area contributed by atoms with Crippen LogP contribution in [0.2, 0.25) is 0 Å². The number of pyridine rings is 1. The first kappa shape index (κ1) is 16.7. The smallest absolute Gasteiger partial charge is 0.409 e. The van der Waals surface area contributed by atoms with E-state index in [-0.39, 0.29) is 18.5 Å². The molecule has 120 valence electrons. The normalized spacial score (nSPS) is 15.5. The summed E-state index contributed by atoms with van der Waals surface area (Å²) in [6.07, 6.45) is 1.35. The summed E-state index contributed by atoms with van der Waals surface area (Å²) in [7, 11) is 0. The van der Waals surface area contributed by atoms with Crippen molar-refractivity contribution in [1.29, 1.82) is 0 Å². The number of piperazine rings is 1. The van der Waals surface area contributed by atoms with Crippen LogP contribution >= 0.6 is 15.9 Å². The predicted octanol–water partition coefficient (Wildman–Crippen LogP) is 1.56. The van der Waals surface area contributed by atoms with Crippen LogP contribution in [0.5, 0.6) is 0 Å². The Balaban J connectivity index is 1.74. The fourth-order valence-electron chi connectivity index (χ4n) is 2.14. The molecule has 1 fully saturated rings. The molecule has 1 N–H and O–H groups in total. The molecular weight excluding hydrogens is 352 g/mol. The first-order valence-corrected chi connectivity index (χ1v) is 7.93. The molecular formula is C14H19BrN4O3. The predicted molar refractivity (Wildman–Crippen MR) is 85.6 cm³/mol. The lowest BCUT2D eigenvalue weighted by atomic mass is 10.3. The van der Waals surface area contributed by atoms with E-state index in [0.717, 1.165) is 4.47 Å². The Labute approximate surface area is 137 Å². The fourth-order valence-corrected chi connectivity index (χ4v) is 2.37. The number of nitrogens with zero attached hydrogens (tertiary/aromatic N) is 3. The maximum atomic E-state index is 12.0. The van der Waals surface area contributed by atoms with Crippen LogP contribution < -0.4 is 5.32 Å². The minimum absolute atomic E-state index is 0.112. The zero-order valence-corrected chi connectivity index (χ0v) is 14.0. The standard InChI is InChI=1S/C14H19BrN4O3/c1-2-22-14(21)19-7-5-18(6-8-19)10-13(20)17-12-4-3-11(15)9-16-12/h3-4,9H,2,5-8,10H2,1H3,(H,16,17,20). The number of nitrogens with one attached hydrogen (secondary N) is 1. The van der Waals surface area contributed by atoms with E-state index in [1.54, 1.807) is 24.1 Å². The Kier molecular flexibility index (Phi) is 6.14. The van der Waals surface area contributed by atoms with E-state index < -0.39 is 0 Å². The third-order valence-electron chi connectivity index (χ3n) is 3.26. The summed E-state index contributed by atoms with van der Waals surface area (Å²) in [6.45, 7) is 4.90. The Morgan fingerprint density at radius 3 is 2.64 bits per heavy atom. The SMILES string of the molecule is CCOC(=O)N1CCN(CC(=O)Nc2ccc(Br)cn2)CC1. The minimum atomic E-state index is -0.286. The van der Waals surface area contributed by atoms with E-state index in [2.05, 4.69) is 26.2 Å². The number of amides is 2. The second kappa shape index (κ2) is 8.09. The summed E-state index contributed by atoms with van der Waals surface area (Å²) in [6, 6.07) is 3.56. The van der Waals surface area contributed by atoms with Crippen LogP contribution in [0.15, 0.2) is 22.8 Å². The van der Waals surface area contributed by atoms with Crippen LogP contribution in [-0.4, -0.2) is 66.1 Å². The summed E-state index contributed by atoms with van der Waals surface area (Å²) < 4.78 is 5.83. The highest BCUT2D eigenvalue weighted by Crippen LogP contribution is 2.10. The maximum absolute atomic E-state index is 12.0. The number of aromatic nitrogens is 1. The number of halogens is 1. The number of carbonyl (C=O) groups excluding carboxylic acids is 2. The first-order chi connectivity index (χ1) is 10.6. The molecule has 1 aliphatic rings. The van der Waals surface area contributed by atoms with Gasteiger partial charge in [0.05, 0.1) is 13.2 Å². The number of ether oxygens (including phenoxy) is 1. The summed E-state index contributed by atoms with van der Waals surface area (Å²) in [5.74, 6) is 0.415. The van der Waals surface area contributed by atoms with E-state index in [1.165, 1.54) is 0 Å². The monoisotopic (exact) mass is 370 g/mol. The van der Waals surface area contributed by atoms with Crippen LogP contribution in [0.3, 0.4) is 0 Å². The zero-order chi connectivity index (χ0) is 15.9. The zero-order valence-electron chi connectivity index (χ0n) is 12.4. The second-order valence-corrected chi connectivity index (χ2v) is 5.79. The van der Waals surface area contributed by atoms with Gasteiger partial charge in [-0.1, -0.05) is 0 Å². The van der Waals surface area contributed by atoms with Crippen molar-refractivity contribution >= 4 is 33.7 Å². The van der Waals surface area contributed by atoms with Gasteiger partial charge in [0.15, 0.2) is 0 Å². The van der Waals surface area contributed by atoms with Gasteiger partial charge >= 0.3 is 6.09 Å². The van der Waals surface area contributed by atoms with Gasteiger partial charge in [0, 0.05) is 36.8 Å². The van der Waals surface area contributed by atoms with Crippen LogP contribution in [0.4, 0.5) is 10.6 Å². The van der Waals surface area contributed by atoms with Crippen molar-refractivity contribution in [3.05, 3.63) is 22.8 Å². The lowest BCUT2D eigenvalue weighted by Crippen LogP contribution is -2.50. The molecule has 1 aliphatic heterocycles. The van der Waals surface area contributed by atoms with Crippen molar-refractivity contribution < 1.29 is 14.3 Å². The van der Waals surface area contributed by atoms with Gasteiger partial charge in [-0.25, -0.2) is 9.78 Å². The molecule has 0 spiro atoms. The molecule has 1 saturated heterocycles. The molecule has 2 amide bonds. The highest BCUT2D eigenvalue weighted by atomic mass is 79.9. The third-order valence-corrected chi connectivity index (χ3v) is 3.73. The lowest BCUT2D eigenvalue weighted by Gasteiger charge is -2.33. The van der Waals surface area contributed by atoms with Gasteiger partial charge in [-0.05, 0) is 35.0 Å². The molecule has 22 heavy (non-hydrogen) atoms. The molecule has 1 aromatic heterocycles. The quantitative estimate of drug-likeness (QED) is 0.870. The molecule has 0 radical (unpaired) electrons. The van der Waals surface area contributed by atoms with E-state index >= 15 is 0 Å². The highest BCUT2D eigenvalue weighted by Gasteiger charge is 2.23. The van der Waals surface area contributed by atoms with Crippen LogP contribution in [0.1, 0.15) is 6.92 Å². The van der Waals surface area contributed by atoms with Crippen molar-refractivity contribution in [2.24, 2.45) is 0 Å². The molecule has 1 aromatic rings. The van der Waals surface area contributed by atoms with Crippen molar-refractivity contribution in [3.63, 3.8) is 0 Å². The molecule has 0 aliphatic carbocycles. The van der Waals surface area contributed by atoms with Gasteiger partial charge < -0.3 is 15.0 Å². The maximum Gasteiger partial charge on any atom is 0.409 e. The first-order valence-electron chi connectivity index (χ1n) is 7.14. The van der Waals surface area contributed by atoms with E-state index in [4.69, 9.17) is 4.74 Å². The van der Waals surface area contributed by atoms with Gasteiger partial charge in [0.25, 0.3) is 0 Å². The fraction of sp³-hybridized carbons (Fsp3) is 0.500. The van der Waals surface area contributed by atoms with Gasteiger partial charge in [0.1, 0.15) is 5.82 Å². The van der Waals surface area contributed by atoms with Gasteiger partial charge in [-0.3, -0.25) is 9.69 Å². The molecule has 0 saturated carbocycles. The molecule has 0 aromatic carbocycles. The van der Waals surface area contributed by atoms with Crippen LogP contribution in [0.25, 0.3) is 0 Å². The Hall–Kier alpha value is -1.67. The second-order valence-electron chi connectivity index (χ2n) is 4.87. The molecule has 2 rings (SSSR count). The van der Waals surface area contributed by atoms with E-state index in [0.29, 0.717) is 38.6 Å². The topological polar surface area (TPSA) is 74.8 Å². The lowest BCUT2D eigenvalue weighted by molar-refractivity contribution is -0.117. The van der Waals surface area contributed by atoms with E-state index in [9.17, 15) is 9.59 Å². The molecule has 0 bridgehead atoms. The summed E-state index contributed by atoms with van der Waals surface area (Å²) in [5.41, 5.74) is 0. The number of rotatable bonds is 4. The highest BCUT2D eigenvalue weighted by molar-refractivity contribution is 9.10. The number of anilines is 1. The summed E-state index contributed by atoms with van der Waals surface area (Å²) in [5, 5.41) is 2.75. The molecule has 0 atom stereocenters. The Bertz CT molecular complexity index is 515. The Morgan fingerprint density at radius 1 is 1.32 bits per heavy atom. The van der Waals surface area contributed by atoms with Crippen molar-refractivity contribution in [2.75, 3.05) is 44.6 Å². The number of carbonyl (C=O) groups is 2. The van der Waals surface area contributed by atoms with Crippen molar-refractivity contribution in [3.8, 4) is 0 Å². The van der Waals surface area contributed by atoms with E-state index in [1.807, 2.05) is 11.0 Å². The number of hydrogen-bond donors (Lipinski definition) is 1. The summed E-state index contributed by atoms with van der Waals surface area (Å²) in [4.78, 5) is 31.3. The minimum Gasteiger partial charge on any atom is -0.450 e. The molecule has 0 unspecified atom stereocenters. The third kappa shape index (κ3) is 4.96. The largest absolute Gasteiger partial charge is 0.450 e. The van der Waals surface area contributed by atoms with Crippen LogP contribution in [0, 0.1) is 0 Å². The average molecular weight is 371 g/mol. The van der Waals surface area contributed by atoms with Crippen molar-refractivity contribution in [2.45, 2.75) is 6.92 Å². The van der Waals surface area contributed by atoms with Crippen LogP contribution in [-0.2, 0) is 9.53 Å². The average Bonchev–Trinajstić information content (AvgIpc) is 2.50. The van der Waals surface area contributed by atoms with Crippen molar-refractivity contribution in [1.82, 2.24) is 14.8 Å². The molecule has 8 heteroatoms. The van der Waals surface area contributed by atoms with Gasteiger partial charge in [-0.15, -0.1) is 0 Å². The molecule has 2 heterocycles. The van der Waals surface area contributed by atoms with Gasteiger partial charge in [-0.2, -0.15) is 0 Å². The van der Waals surface area contributed by atoms with Gasteiger partial charge in [0.2, 0.25) is 5.91 Å².